The summed E-state index contributed by atoms with van der Waals surface area (Å²) in [5.41, 5.74) is 5.76. The smallest absolute Gasteiger partial charge is 0.00507 e. The minimum atomic E-state index is 0.330. The Morgan fingerprint density at radius 2 is 2.08 bits per heavy atom. The zero-order valence-electron chi connectivity index (χ0n) is 8.71. The zero-order valence-corrected chi connectivity index (χ0v) is 9.53. The van der Waals surface area contributed by atoms with Crippen molar-refractivity contribution in [1.82, 2.24) is 0 Å². The van der Waals surface area contributed by atoms with Gasteiger partial charge in [0, 0.05) is 15.8 Å². The molecule has 1 aromatic heterocycles. The van der Waals surface area contributed by atoms with Crippen LogP contribution in [-0.2, 0) is 6.42 Å². The van der Waals surface area contributed by atoms with Gasteiger partial charge in [-0.2, -0.15) is 0 Å². The maximum atomic E-state index is 5.76. The fourth-order valence-corrected chi connectivity index (χ4v) is 2.71. The van der Waals surface area contributed by atoms with Crippen molar-refractivity contribution >= 4 is 11.3 Å². The van der Waals surface area contributed by atoms with E-state index in [1.165, 1.54) is 16.2 Å². The van der Waals surface area contributed by atoms with E-state index in [2.05, 4.69) is 32.9 Å². The first-order chi connectivity index (χ1) is 6.08. The normalized spacial score (nSPS) is 15.7. The predicted octanol–water partition coefficient (Wildman–Crippen LogP) is 2.97. The van der Waals surface area contributed by atoms with Crippen LogP contribution in [-0.4, -0.2) is 6.04 Å². The summed E-state index contributed by atoms with van der Waals surface area (Å²) in [6.07, 6.45) is 2.30. The van der Waals surface area contributed by atoms with Gasteiger partial charge in [0.2, 0.25) is 0 Å². The van der Waals surface area contributed by atoms with Gasteiger partial charge >= 0.3 is 0 Å². The van der Waals surface area contributed by atoms with Gasteiger partial charge in [0.1, 0.15) is 0 Å². The summed E-state index contributed by atoms with van der Waals surface area (Å²) in [6.45, 7) is 6.51. The molecule has 0 aliphatic heterocycles. The highest BCUT2D eigenvalue weighted by Gasteiger charge is 2.07. The Labute approximate surface area is 85.0 Å². The van der Waals surface area contributed by atoms with Crippen LogP contribution in [0.3, 0.4) is 0 Å². The molecule has 0 saturated heterocycles. The second-order valence-corrected chi connectivity index (χ2v) is 5.41. The SMILES string of the molecule is Cc1ccc(CC(C)CC(C)N)s1. The van der Waals surface area contributed by atoms with Crippen LogP contribution in [0.25, 0.3) is 0 Å². The number of rotatable bonds is 4. The van der Waals surface area contributed by atoms with Gasteiger partial charge < -0.3 is 5.73 Å². The monoisotopic (exact) mass is 197 g/mol. The van der Waals surface area contributed by atoms with Crippen LogP contribution in [0.4, 0.5) is 0 Å². The van der Waals surface area contributed by atoms with E-state index in [4.69, 9.17) is 5.73 Å². The molecule has 74 valence electrons. The topological polar surface area (TPSA) is 26.0 Å². The van der Waals surface area contributed by atoms with Gasteiger partial charge in [0.15, 0.2) is 0 Å². The molecule has 1 heterocycles. The average molecular weight is 197 g/mol. The van der Waals surface area contributed by atoms with Crippen LogP contribution < -0.4 is 5.73 Å². The molecule has 2 heteroatoms. The van der Waals surface area contributed by atoms with Gasteiger partial charge in [-0.15, -0.1) is 11.3 Å². The number of thiophene rings is 1. The third-order valence-electron chi connectivity index (χ3n) is 2.12. The van der Waals surface area contributed by atoms with Crippen molar-refractivity contribution in [2.45, 2.75) is 39.7 Å². The Balaban J connectivity index is 2.40. The molecule has 2 N–H and O–H groups in total. The second kappa shape index (κ2) is 4.77. The predicted molar refractivity (Wildman–Crippen MR) is 60.2 cm³/mol. The molecular formula is C11H19NS. The summed E-state index contributed by atoms with van der Waals surface area (Å²) in [7, 11) is 0. The summed E-state index contributed by atoms with van der Waals surface area (Å²) in [5, 5.41) is 0. The van der Waals surface area contributed by atoms with Crippen molar-refractivity contribution in [3.8, 4) is 0 Å². The maximum Gasteiger partial charge on any atom is 0.00507 e. The average Bonchev–Trinajstić information content (AvgIpc) is 2.33. The van der Waals surface area contributed by atoms with Crippen LogP contribution in [0.1, 0.15) is 30.0 Å². The van der Waals surface area contributed by atoms with Gasteiger partial charge in [-0.3, -0.25) is 0 Å². The van der Waals surface area contributed by atoms with Crippen molar-refractivity contribution in [2.24, 2.45) is 11.7 Å². The molecule has 0 aliphatic carbocycles. The van der Waals surface area contributed by atoms with E-state index in [1.807, 2.05) is 11.3 Å². The quantitative estimate of drug-likeness (QED) is 0.789. The Morgan fingerprint density at radius 3 is 2.54 bits per heavy atom. The molecule has 13 heavy (non-hydrogen) atoms. The van der Waals surface area contributed by atoms with Crippen molar-refractivity contribution in [2.75, 3.05) is 0 Å². The maximum absolute atomic E-state index is 5.76. The lowest BCUT2D eigenvalue weighted by atomic mass is 9.99. The summed E-state index contributed by atoms with van der Waals surface area (Å²) in [6, 6.07) is 4.76. The second-order valence-electron chi connectivity index (χ2n) is 4.03. The van der Waals surface area contributed by atoms with Crippen LogP contribution in [0.5, 0.6) is 0 Å². The standard InChI is InChI=1S/C11H19NS/c1-8(6-9(2)12)7-11-5-4-10(3)13-11/h4-5,8-9H,6-7,12H2,1-3H3. The molecule has 0 saturated carbocycles. The highest BCUT2D eigenvalue weighted by molar-refractivity contribution is 7.11. The number of nitrogens with two attached hydrogens (primary N) is 1. The van der Waals surface area contributed by atoms with Gasteiger partial charge in [0.05, 0.1) is 0 Å². The van der Waals surface area contributed by atoms with E-state index in [1.54, 1.807) is 0 Å². The van der Waals surface area contributed by atoms with Crippen LogP contribution >= 0.6 is 11.3 Å². The largest absolute Gasteiger partial charge is 0.328 e. The van der Waals surface area contributed by atoms with Crippen molar-refractivity contribution in [3.05, 3.63) is 21.9 Å². The van der Waals surface area contributed by atoms with Crippen LogP contribution in [0.15, 0.2) is 12.1 Å². The summed E-state index contributed by atoms with van der Waals surface area (Å²) in [4.78, 5) is 2.90. The van der Waals surface area contributed by atoms with Gasteiger partial charge in [-0.05, 0) is 44.7 Å². The lowest BCUT2D eigenvalue weighted by Crippen LogP contribution is -2.19. The van der Waals surface area contributed by atoms with E-state index >= 15 is 0 Å². The Bertz CT molecular complexity index is 252. The van der Waals surface area contributed by atoms with Crippen molar-refractivity contribution in [1.29, 1.82) is 0 Å². The Hall–Kier alpha value is -0.340. The highest BCUT2D eigenvalue weighted by Crippen LogP contribution is 2.20. The molecular weight excluding hydrogens is 178 g/mol. The van der Waals surface area contributed by atoms with E-state index in [9.17, 15) is 0 Å². The Kier molecular flexibility index (Phi) is 3.94. The van der Waals surface area contributed by atoms with Gasteiger partial charge in [0.25, 0.3) is 0 Å². The summed E-state index contributed by atoms with van der Waals surface area (Å²) < 4.78 is 0. The molecule has 0 fully saturated rings. The van der Waals surface area contributed by atoms with Crippen LogP contribution in [0, 0.1) is 12.8 Å². The van der Waals surface area contributed by atoms with Gasteiger partial charge in [-0.25, -0.2) is 0 Å². The van der Waals surface area contributed by atoms with E-state index in [0.29, 0.717) is 12.0 Å². The summed E-state index contributed by atoms with van der Waals surface area (Å²) >= 11 is 1.90. The minimum Gasteiger partial charge on any atom is -0.328 e. The number of hydrogen-bond donors (Lipinski definition) is 1. The lowest BCUT2D eigenvalue weighted by Gasteiger charge is -2.12. The zero-order chi connectivity index (χ0) is 9.84. The van der Waals surface area contributed by atoms with E-state index in [-0.39, 0.29) is 0 Å². The molecule has 0 aliphatic rings. The first-order valence-electron chi connectivity index (χ1n) is 4.89. The molecule has 1 nitrogen and oxygen atoms in total. The molecule has 1 aromatic rings. The first kappa shape index (κ1) is 10.7. The lowest BCUT2D eigenvalue weighted by molar-refractivity contribution is 0.482. The molecule has 0 amide bonds. The van der Waals surface area contributed by atoms with E-state index in [0.717, 1.165) is 6.42 Å². The number of aryl methyl sites for hydroxylation is 1. The molecule has 1 rings (SSSR count). The molecule has 2 atom stereocenters. The fraction of sp³-hybridized carbons (Fsp3) is 0.636. The van der Waals surface area contributed by atoms with Crippen molar-refractivity contribution < 1.29 is 0 Å². The molecule has 0 radical (unpaired) electrons. The molecule has 0 spiro atoms. The van der Waals surface area contributed by atoms with Gasteiger partial charge in [-0.1, -0.05) is 6.92 Å². The molecule has 2 unspecified atom stereocenters. The highest BCUT2D eigenvalue weighted by atomic mass is 32.1. The minimum absolute atomic E-state index is 0.330. The molecule has 0 aromatic carbocycles. The third-order valence-corrected chi connectivity index (χ3v) is 3.14. The van der Waals surface area contributed by atoms with Crippen molar-refractivity contribution in [3.63, 3.8) is 0 Å². The molecule has 0 bridgehead atoms. The van der Waals surface area contributed by atoms with Crippen LogP contribution in [0.2, 0.25) is 0 Å². The van der Waals surface area contributed by atoms with E-state index < -0.39 is 0 Å². The first-order valence-corrected chi connectivity index (χ1v) is 5.70. The fourth-order valence-electron chi connectivity index (χ4n) is 1.66. The summed E-state index contributed by atoms with van der Waals surface area (Å²) in [5.74, 6) is 0.707. The number of hydrogen-bond acceptors (Lipinski definition) is 2. The Morgan fingerprint density at radius 1 is 1.38 bits per heavy atom. The third kappa shape index (κ3) is 3.92.